The Morgan fingerprint density at radius 1 is 1.06 bits per heavy atom. The fourth-order valence-corrected chi connectivity index (χ4v) is 2.30. The third-order valence-corrected chi connectivity index (χ3v) is 3.28. The van der Waals surface area contributed by atoms with Crippen molar-refractivity contribution >= 4 is 5.91 Å². The van der Waals surface area contributed by atoms with E-state index in [4.69, 9.17) is 5.73 Å². The molecule has 0 fully saturated rings. The largest absolute Gasteiger partial charge is 0.370 e. The summed E-state index contributed by atoms with van der Waals surface area (Å²) in [7, 11) is 0. The molecule has 0 saturated carbocycles. The second-order valence-corrected chi connectivity index (χ2v) is 5.82. The van der Waals surface area contributed by atoms with E-state index in [1.54, 1.807) is 0 Å². The highest BCUT2D eigenvalue weighted by molar-refractivity contribution is 5.74. The molecule has 0 saturated heterocycles. The Labute approximate surface area is 111 Å². The van der Waals surface area contributed by atoms with E-state index < -0.39 is 0 Å². The van der Waals surface area contributed by atoms with Gasteiger partial charge in [-0.3, -0.25) is 4.79 Å². The molecule has 2 N–H and O–H groups in total. The van der Waals surface area contributed by atoms with Crippen molar-refractivity contribution in [3.05, 3.63) is 35.4 Å². The van der Waals surface area contributed by atoms with Gasteiger partial charge in [0.2, 0.25) is 5.91 Å². The summed E-state index contributed by atoms with van der Waals surface area (Å²) in [4.78, 5) is 11.2. The van der Waals surface area contributed by atoms with Crippen LogP contribution in [0, 0.1) is 5.92 Å². The Morgan fingerprint density at radius 3 is 1.94 bits per heavy atom. The Balaban J connectivity index is 2.87. The Morgan fingerprint density at radius 2 is 1.56 bits per heavy atom. The zero-order valence-corrected chi connectivity index (χ0v) is 11.9. The lowest BCUT2D eigenvalue weighted by Crippen LogP contribution is -2.16. The van der Waals surface area contributed by atoms with Crippen LogP contribution in [0.2, 0.25) is 0 Å². The molecular formula is C16H25NO. The van der Waals surface area contributed by atoms with Gasteiger partial charge in [-0.15, -0.1) is 0 Å². The summed E-state index contributed by atoms with van der Waals surface area (Å²) in [5.74, 6) is 1.15. The van der Waals surface area contributed by atoms with Gasteiger partial charge in [-0.1, -0.05) is 52.0 Å². The van der Waals surface area contributed by atoms with Crippen LogP contribution in [0.3, 0.4) is 0 Å². The van der Waals surface area contributed by atoms with Gasteiger partial charge >= 0.3 is 0 Å². The number of amides is 1. The van der Waals surface area contributed by atoms with Crippen molar-refractivity contribution in [2.45, 2.75) is 52.4 Å². The van der Waals surface area contributed by atoms with Crippen molar-refractivity contribution in [3.8, 4) is 0 Å². The molecule has 0 heterocycles. The first-order valence-corrected chi connectivity index (χ1v) is 6.78. The van der Waals surface area contributed by atoms with Gasteiger partial charge in [-0.25, -0.2) is 0 Å². The van der Waals surface area contributed by atoms with Crippen LogP contribution in [-0.2, 0) is 4.79 Å². The summed E-state index contributed by atoms with van der Waals surface area (Å²) in [6, 6.07) is 8.61. The summed E-state index contributed by atoms with van der Waals surface area (Å²) >= 11 is 0. The van der Waals surface area contributed by atoms with Crippen LogP contribution < -0.4 is 5.73 Å². The van der Waals surface area contributed by atoms with Gasteiger partial charge in [0.15, 0.2) is 0 Å². The van der Waals surface area contributed by atoms with Gasteiger partial charge in [0.25, 0.3) is 0 Å². The van der Waals surface area contributed by atoms with Crippen molar-refractivity contribution in [2.24, 2.45) is 11.7 Å². The molecule has 1 unspecified atom stereocenters. The van der Waals surface area contributed by atoms with Crippen LogP contribution in [0.15, 0.2) is 24.3 Å². The number of hydrogen-bond acceptors (Lipinski definition) is 1. The summed E-state index contributed by atoms with van der Waals surface area (Å²) in [5.41, 5.74) is 7.91. The molecule has 1 atom stereocenters. The first-order chi connectivity index (χ1) is 8.40. The fourth-order valence-electron chi connectivity index (χ4n) is 2.30. The van der Waals surface area contributed by atoms with E-state index in [2.05, 4.69) is 52.0 Å². The van der Waals surface area contributed by atoms with Crippen LogP contribution in [-0.4, -0.2) is 5.91 Å². The van der Waals surface area contributed by atoms with Crippen molar-refractivity contribution in [3.63, 3.8) is 0 Å². The smallest absolute Gasteiger partial charge is 0.218 e. The predicted molar refractivity (Wildman–Crippen MR) is 76.5 cm³/mol. The van der Waals surface area contributed by atoms with E-state index >= 15 is 0 Å². The minimum absolute atomic E-state index is 0.214. The maximum Gasteiger partial charge on any atom is 0.218 e. The molecular weight excluding hydrogens is 222 g/mol. The quantitative estimate of drug-likeness (QED) is 0.816. The maximum absolute atomic E-state index is 11.2. The fraction of sp³-hybridized carbons (Fsp3) is 0.562. The minimum atomic E-state index is -0.214. The summed E-state index contributed by atoms with van der Waals surface area (Å²) < 4.78 is 0. The molecule has 0 aromatic heterocycles. The maximum atomic E-state index is 11.2. The molecule has 0 radical (unpaired) electrons. The van der Waals surface area contributed by atoms with Gasteiger partial charge in [-0.05, 0) is 35.3 Å². The molecule has 0 aliphatic heterocycles. The van der Waals surface area contributed by atoms with Gasteiger partial charge in [0.1, 0.15) is 0 Å². The van der Waals surface area contributed by atoms with Crippen molar-refractivity contribution in [2.75, 3.05) is 0 Å². The molecule has 1 aromatic carbocycles. The van der Waals surface area contributed by atoms with E-state index in [1.807, 2.05) is 0 Å². The monoisotopic (exact) mass is 247 g/mol. The third kappa shape index (κ3) is 4.52. The number of benzene rings is 1. The second-order valence-electron chi connectivity index (χ2n) is 5.82. The van der Waals surface area contributed by atoms with Crippen LogP contribution in [0.5, 0.6) is 0 Å². The molecule has 2 heteroatoms. The molecule has 0 aliphatic carbocycles. The van der Waals surface area contributed by atoms with Gasteiger partial charge in [0.05, 0.1) is 0 Å². The second kappa shape index (κ2) is 6.58. The highest BCUT2D eigenvalue weighted by Gasteiger charge is 2.16. The summed E-state index contributed by atoms with van der Waals surface area (Å²) in [5, 5.41) is 0. The van der Waals surface area contributed by atoms with Crippen molar-refractivity contribution in [1.82, 2.24) is 0 Å². The first-order valence-electron chi connectivity index (χ1n) is 6.78. The summed E-state index contributed by atoms with van der Waals surface area (Å²) in [6.45, 7) is 8.72. The number of carbonyl (C=O) groups is 1. The van der Waals surface area contributed by atoms with Gasteiger partial charge < -0.3 is 5.73 Å². The zero-order valence-electron chi connectivity index (χ0n) is 11.9. The Bertz CT molecular complexity index is 379. The molecule has 18 heavy (non-hydrogen) atoms. The van der Waals surface area contributed by atoms with E-state index in [0.29, 0.717) is 18.3 Å². The third-order valence-electron chi connectivity index (χ3n) is 3.28. The number of hydrogen-bond donors (Lipinski definition) is 1. The highest BCUT2D eigenvalue weighted by Crippen LogP contribution is 2.28. The minimum Gasteiger partial charge on any atom is -0.370 e. The number of rotatable bonds is 6. The molecule has 1 aromatic rings. The van der Waals surface area contributed by atoms with Gasteiger partial charge in [0, 0.05) is 6.42 Å². The Kier molecular flexibility index (Phi) is 5.39. The van der Waals surface area contributed by atoms with Crippen molar-refractivity contribution in [1.29, 1.82) is 0 Å². The predicted octanol–water partition coefficient (Wildman–Crippen LogP) is 3.82. The lowest BCUT2D eigenvalue weighted by atomic mass is 9.86. The molecule has 0 bridgehead atoms. The molecule has 0 spiro atoms. The number of carbonyl (C=O) groups excluding carboxylic acids is 1. The van der Waals surface area contributed by atoms with Crippen LogP contribution in [0.1, 0.15) is 63.5 Å². The molecule has 2 nitrogen and oxygen atoms in total. The number of primary amides is 1. The lowest BCUT2D eigenvalue weighted by molar-refractivity contribution is -0.118. The van der Waals surface area contributed by atoms with Gasteiger partial charge in [-0.2, -0.15) is 0 Å². The zero-order chi connectivity index (χ0) is 13.7. The van der Waals surface area contributed by atoms with E-state index in [-0.39, 0.29) is 11.8 Å². The van der Waals surface area contributed by atoms with Crippen LogP contribution in [0.25, 0.3) is 0 Å². The number of nitrogens with two attached hydrogens (primary N) is 1. The molecule has 100 valence electrons. The normalized spacial score (nSPS) is 13.0. The Hall–Kier alpha value is -1.31. The first kappa shape index (κ1) is 14.7. The molecule has 0 aliphatic rings. The highest BCUT2D eigenvalue weighted by atomic mass is 16.1. The lowest BCUT2D eigenvalue weighted by Gasteiger charge is -2.18. The SMILES string of the molecule is CC(C)CC(CC(N)=O)c1ccc(C(C)C)cc1. The molecule has 1 amide bonds. The van der Waals surface area contributed by atoms with Crippen molar-refractivity contribution < 1.29 is 4.79 Å². The topological polar surface area (TPSA) is 43.1 Å². The van der Waals surface area contributed by atoms with E-state index in [0.717, 1.165) is 6.42 Å². The van der Waals surface area contributed by atoms with Crippen LogP contribution in [0.4, 0.5) is 0 Å². The van der Waals surface area contributed by atoms with E-state index in [1.165, 1.54) is 11.1 Å². The summed E-state index contributed by atoms with van der Waals surface area (Å²) in [6.07, 6.45) is 1.45. The average Bonchev–Trinajstić information content (AvgIpc) is 2.27. The average molecular weight is 247 g/mol. The van der Waals surface area contributed by atoms with E-state index in [9.17, 15) is 4.79 Å². The van der Waals surface area contributed by atoms with Crippen LogP contribution >= 0.6 is 0 Å². The molecule has 1 rings (SSSR count). The standard InChI is InChI=1S/C16H25NO/c1-11(2)9-15(10-16(17)18)14-7-5-13(6-8-14)12(3)4/h5-8,11-12,15H,9-10H2,1-4H3,(H2,17,18).